The molecule has 1 aromatic rings. The second kappa shape index (κ2) is 7.07. The van der Waals surface area contributed by atoms with Crippen LogP contribution in [0.5, 0.6) is 0 Å². The first-order valence-corrected chi connectivity index (χ1v) is 8.50. The standard InChI is InChI=1S/C18H28N2O2/c1-13(2)17-5-4-16(14-7-9-22-12-14)18(19-17)11-20-8-6-15(10-20)21-3/h4-5,13-15H,6-12H2,1-3H3/t14?,15-/m1/s1. The lowest BCUT2D eigenvalue weighted by atomic mass is 9.95. The maximum atomic E-state index is 5.59. The van der Waals surface area contributed by atoms with Gasteiger partial charge in [-0.3, -0.25) is 9.88 Å². The van der Waals surface area contributed by atoms with E-state index in [0.717, 1.165) is 45.7 Å². The zero-order chi connectivity index (χ0) is 15.5. The molecule has 22 heavy (non-hydrogen) atoms. The highest BCUT2D eigenvalue weighted by Gasteiger charge is 2.26. The summed E-state index contributed by atoms with van der Waals surface area (Å²) in [6.45, 7) is 9.20. The normalized spacial score (nSPS) is 26.2. The molecule has 3 heterocycles. The van der Waals surface area contributed by atoms with Crippen LogP contribution in [-0.4, -0.2) is 49.4 Å². The van der Waals surface area contributed by atoms with Crippen molar-refractivity contribution in [3.8, 4) is 0 Å². The van der Waals surface area contributed by atoms with Crippen molar-refractivity contribution in [3.63, 3.8) is 0 Å². The minimum absolute atomic E-state index is 0.381. The number of aromatic nitrogens is 1. The molecule has 0 aliphatic carbocycles. The van der Waals surface area contributed by atoms with Gasteiger partial charge in [-0.1, -0.05) is 19.9 Å². The van der Waals surface area contributed by atoms with Gasteiger partial charge in [0.15, 0.2) is 0 Å². The van der Waals surface area contributed by atoms with Gasteiger partial charge in [0.2, 0.25) is 0 Å². The lowest BCUT2D eigenvalue weighted by Gasteiger charge is -2.21. The first-order valence-electron chi connectivity index (χ1n) is 8.50. The third-order valence-corrected chi connectivity index (χ3v) is 4.93. The summed E-state index contributed by atoms with van der Waals surface area (Å²) in [5.74, 6) is 0.988. The number of hydrogen-bond donors (Lipinski definition) is 0. The van der Waals surface area contributed by atoms with Gasteiger partial charge in [-0.2, -0.15) is 0 Å². The summed E-state index contributed by atoms with van der Waals surface area (Å²) in [6.07, 6.45) is 2.63. The van der Waals surface area contributed by atoms with Crippen molar-refractivity contribution in [2.24, 2.45) is 0 Å². The second-order valence-corrected chi connectivity index (χ2v) is 6.87. The molecule has 0 amide bonds. The van der Waals surface area contributed by atoms with Gasteiger partial charge in [-0.25, -0.2) is 0 Å². The first kappa shape index (κ1) is 15.9. The Bertz CT molecular complexity index is 498. The highest BCUT2D eigenvalue weighted by molar-refractivity contribution is 5.29. The number of rotatable bonds is 5. The molecule has 1 aromatic heterocycles. The highest BCUT2D eigenvalue weighted by atomic mass is 16.5. The van der Waals surface area contributed by atoms with Gasteiger partial charge in [-0.15, -0.1) is 0 Å². The molecule has 0 N–H and O–H groups in total. The average molecular weight is 304 g/mol. The zero-order valence-electron chi connectivity index (χ0n) is 14.0. The Morgan fingerprint density at radius 3 is 2.86 bits per heavy atom. The largest absolute Gasteiger partial charge is 0.381 e. The summed E-state index contributed by atoms with van der Waals surface area (Å²) >= 11 is 0. The van der Waals surface area contributed by atoms with Gasteiger partial charge in [0, 0.05) is 45.0 Å². The Morgan fingerprint density at radius 1 is 1.36 bits per heavy atom. The number of methoxy groups -OCH3 is 1. The molecule has 0 bridgehead atoms. The van der Waals surface area contributed by atoms with Crippen molar-refractivity contribution >= 4 is 0 Å². The number of hydrogen-bond acceptors (Lipinski definition) is 4. The lowest BCUT2D eigenvalue weighted by Crippen LogP contribution is -2.24. The fourth-order valence-electron chi connectivity index (χ4n) is 3.47. The molecule has 4 heteroatoms. The molecule has 4 nitrogen and oxygen atoms in total. The van der Waals surface area contributed by atoms with Crippen molar-refractivity contribution in [1.29, 1.82) is 0 Å². The quantitative estimate of drug-likeness (QED) is 0.838. The topological polar surface area (TPSA) is 34.6 Å². The van der Waals surface area contributed by atoms with E-state index in [1.165, 1.54) is 17.0 Å². The van der Waals surface area contributed by atoms with Gasteiger partial charge in [-0.05, 0) is 30.4 Å². The fraction of sp³-hybridized carbons (Fsp3) is 0.722. The van der Waals surface area contributed by atoms with Crippen LogP contribution in [0.25, 0.3) is 0 Å². The lowest BCUT2D eigenvalue weighted by molar-refractivity contribution is 0.107. The summed E-state index contributed by atoms with van der Waals surface area (Å²) in [5, 5.41) is 0. The molecule has 2 aliphatic rings. The van der Waals surface area contributed by atoms with E-state index in [9.17, 15) is 0 Å². The smallest absolute Gasteiger partial charge is 0.0710 e. The Labute approximate surface area is 133 Å². The van der Waals surface area contributed by atoms with Gasteiger partial charge >= 0.3 is 0 Å². The van der Waals surface area contributed by atoms with Crippen molar-refractivity contribution in [2.75, 3.05) is 33.4 Å². The van der Waals surface area contributed by atoms with Crippen molar-refractivity contribution in [3.05, 3.63) is 29.1 Å². The first-order chi connectivity index (χ1) is 10.7. The van der Waals surface area contributed by atoms with Crippen molar-refractivity contribution in [1.82, 2.24) is 9.88 Å². The summed E-state index contributed by atoms with van der Waals surface area (Å²) in [7, 11) is 1.81. The summed E-state index contributed by atoms with van der Waals surface area (Å²) in [5.41, 5.74) is 3.83. The minimum Gasteiger partial charge on any atom is -0.381 e. The molecule has 122 valence electrons. The second-order valence-electron chi connectivity index (χ2n) is 6.87. The van der Waals surface area contributed by atoms with E-state index in [1.807, 2.05) is 7.11 Å². The predicted molar refractivity (Wildman–Crippen MR) is 87.2 cm³/mol. The molecular weight excluding hydrogens is 276 g/mol. The van der Waals surface area contributed by atoms with Crippen LogP contribution < -0.4 is 0 Å². The Morgan fingerprint density at radius 2 is 2.23 bits per heavy atom. The zero-order valence-corrected chi connectivity index (χ0v) is 14.0. The van der Waals surface area contributed by atoms with E-state index < -0.39 is 0 Å². The van der Waals surface area contributed by atoms with E-state index in [-0.39, 0.29) is 0 Å². The molecule has 0 radical (unpaired) electrons. The van der Waals surface area contributed by atoms with Crippen LogP contribution in [-0.2, 0) is 16.0 Å². The number of likely N-dealkylation sites (tertiary alicyclic amines) is 1. The number of pyridine rings is 1. The van der Waals surface area contributed by atoms with Gasteiger partial charge in [0.1, 0.15) is 0 Å². The molecular formula is C18H28N2O2. The van der Waals surface area contributed by atoms with Gasteiger partial charge < -0.3 is 9.47 Å². The summed E-state index contributed by atoms with van der Waals surface area (Å²) in [4.78, 5) is 7.47. The highest BCUT2D eigenvalue weighted by Crippen LogP contribution is 2.30. The molecule has 2 saturated heterocycles. The Hall–Kier alpha value is -0.970. The molecule has 1 unspecified atom stereocenters. The molecule has 0 spiro atoms. The van der Waals surface area contributed by atoms with Gasteiger partial charge in [0.25, 0.3) is 0 Å². The number of nitrogens with zero attached hydrogens (tertiary/aromatic N) is 2. The molecule has 3 rings (SSSR count). The van der Waals surface area contributed by atoms with Crippen molar-refractivity contribution in [2.45, 2.75) is 51.2 Å². The van der Waals surface area contributed by atoms with Crippen LogP contribution in [0.15, 0.2) is 12.1 Å². The molecule has 2 atom stereocenters. The average Bonchev–Trinajstić information content (AvgIpc) is 3.18. The van der Waals surface area contributed by atoms with Crippen LogP contribution in [0.4, 0.5) is 0 Å². The fourth-order valence-corrected chi connectivity index (χ4v) is 3.47. The van der Waals surface area contributed by atoms with Crippen LogP contribution >= 0.6 is 0 Å². The van der Waals surface area contributed by atoms with E-state index >= 15 is 0 Å². The third kappa shape index (κ3) is 3.50. The van der Waals surface area contributed by atoms with Crippen LogP contribution in [0.2, 0.25) is 0 Å². The number of ether oxygens (including phenoxy) is 2. The minimum atomic E-state index is 0.381. The third-order valence-electron chi connectivity index (χ3n) is 4.93. The molecule has 2 aliphatic heterocycles. The predicted octanol–water partition coefficient (Wildman–Crippen LogP) is 2.93. The van der Waals surface area contributed by atoms with Gasteiger partial charge in [0.05, 0.1) is 18.4 Å². The summed E-state index contributed by atoms with van der Waals surface area (Å²) in [6, 6.07) is 4.49. The monoisotopic (exact) mass is 304 g/mol. The van der Waals surface area contributed by atoms with Crippen LogP contribution in [0, 0.1) is 0 Å². The summed E-state index contributed by atoms with van der Waals surface area (Å²) < 4.78 is 11.1. The Kier molecular flexibility index (Phi) is 5.11. The molecule has 0 saturated carbocycles. The van der Waals surface area contributed by atoms with Crippen LogP contribution in [0.1, 0.15) is 55.5 Å². The van der Waals surface area contributed by atoms with E-state index in [4.69, 9.17) is 14.5 Å². The molecule has 2 fully saturated rings. The van der Waals surface area contributed by atoms with Crippen molar-refractivity contribution < 1.29 is 9.47 Å². The maximum absolute atomic E-state index is 5.59. The SMILES string of the molecule is CO[C@@H]1CCN(Cc2nc(C(C)C)ccc2C2CCOC2)C1. The van der Waals surface area contributed by atoms with Crippen LogP contribution in [0.3, 0.4) is 0 Å². The Balaban J connectivity index is 1.80. The van der Waals surface area contributed by atoms with E-state index in [2.05, 4.69) is 30.9 Å². The molecule has 0 aromatic carbocycles. The van der Waals surface area contributed by atoms with E-state index in [1.54, 1.807) is 0 Å². The van der Waals surface area contributed by atoms with E-state index in [0.29, 0.717) is 17.9 Å². The maximum Gasteiger partial charge on any atom is 0.0710 e.